The molecule has 0 saturated carbocycles. The van der Waals surface area contributed by atoms with Gasteiger partial charge in [0.2, 0.25) is 5.91 Å². The molecule has 0 radical (unpaired) electrons. The molecule has 6 heteroatoms. The van der Waals surface area contributed by atoms with Crippen LogP contribution in [0.15, 0.2) is 48.5 Å². The number of para-hydroxylation sites is 1. The van der Waals surface area contributed by atoms with Gasteiger partial charge in [0.05, 0.1) is 17.2 Å². The van der Waals surface area contributed by atoms with Gasteiger partial charge in [0, 0.05) is 24.9 Å². The van der Waals surface area contributed by atoms with E-state index in [1.54, 1.807) is 24.3 Å². The minimum Gasteiger partial charge on any atom is -0.487 e. The van der Waals surface area contributed by atoms with E-state index in [1.807, 2.05) is 38.1 Å². The molecule has 0 fully saturated rings. The number of benzene rings is 2. The second kappa shape index (κ2) is 7.35. The van der Waals surface area contributed by atoms with E-state index in [4.69, 9.17) is 4.74 Å². The first-order valence-corrected chi connectivity index (χ1v) is 9.88. The summed E-state index contributed by atoms with van der Waals surface area (Å²) in [5.74, 6) is 0.122. The van der Waals surface area contributed by atoms with Crippen molar-refractivity contribution in [3.05, 3.63) is 65.2 Å². The lowest BCUT2D eigenvalue weighted by atomic mass is 9.89. The SMILES string of the molecule is CC1(C)CC(NC(=O)CCCN2C(=O)c3ccccc3C2=O)c2ccccc2O1. The highest BCUT2D eigenvalue weighted by atomic mass is 16.5. The number of imide groups is 1. The molecule has 1 N–H and O–H groups in total. The average molecular weight is 392 g/mol. The molecule has 2 aromatic rings. The Labute approximate surface area is 169 Å². The fourth-order valence-corrected chi connectivity index (χ4v) is 4.04. The Kier molecular flexibility index (Phi) is 4.86. The third-order valence-corrected chi connectivity index (χ3v) is 5.38. The molecule has 3 amide bonds. The first kappa shape index (κ1) is 19.2. The van der Waals surface area contributed by atoms with Crippen molar-refractivity contribution in [1.82, 2.24) is 10.2 Å². The largest absolute Gasteiger partial charge is 0.487 e. The van der Waals surface area contributed by atoms with Crippen molar-refractivity contribution in [2.24, 2.45) is 0 Å². The van der Waals surface area contributed by atoms with Crippen LogP contribution in [0, 0.1) is 0 Å². The molecule has 2 aliphatic heterocycles. The maximum Gasteiger partial charge on any atom is 0.261 e. The average Bonchev–Trinajstić information content (AvgIpc) is 2.92. The summed E-state index contributed by atoms with van der Waals surface area (Å²) in [4.78, 5) is 38.6. The fraction of sp³-hybridized carbons (Fsp3) is 0.348. The van der Waals surface area contributed by atoms with Crippen molar-refractivity contribution in [1.29, 1.82) is 0 Å². The van der Waals surface area contributed by atoms with Crippen LogP contribution in [0.5, 0.6) is 5.75 Å². The standard InChI is InChI=1S/C23H24N2O4/c1-23(2)14-18(17-10-5-6-11-19(17)29-23)24-20(26)12-7-13-25-21(27)15-8-3-4-9-16(15)22(25)28/h3-6,8-11,18H,7,12-14H2,1-2H3,(H,24,26). The molecule has 0 saturated heterocycles. The highest BCUT2D eigenvalue weighted by Gasteiger charge is 2.36. The summed E-state index contributed by atoms with van der Waals surface area (Å²) in [6.45, 7) is 4.24. The van der Waals surface area contributed by atoms with E-state index in [0.717, 1.165) is 11.3 Å². The van der Waals surface area contributed by atoms with Crippen LogP contribution in [0.3, 0.4) is 0 Å². The van der Waals surface area contributed by atoms with Crippen molar-refractivity contribution in [3.8, 4) is 5.75 Å². The van der Waals surface area contributed by atoms with E-state index in [1.165, 1.54) is 4.90 Å². The number of amides is 3. The summed E-state index contributed by atoms with van der Waals surface area (Å²) in [5.41, 5.74) is 1.47. The molecule has 0 bridgehead atoms. The predicted octanol–water partition coefficient (Wildman–Crippen LogP) is 3.48. The second-order valence-electron chi connectivity index (χ2n) is 8.13. The van der Waals surface area contributed by atoms with E-state index in [2.05, 4.69) is 5.32 Å². The summed E-state index contributed by atoms with van der Waals surface area (Å²) in [5, 5.41) is 3.09. The minimum absolute atomic E-state index is 0.0980. The summed E-state index contributed by atoms with van der Waals surface area (Å²) in [7, 11) is 0. The molecule has 6 nitrogen and oxygen atoms in total. The topological polar surface area (TPSA) is 75.7 Å². The van der Waals surface area contributed by atoms with E-state index < -0.39 is 0 Å². The Morgan fingerprint density at radius 1 is 1.07 bits per heavy atom. The number of rotatable bonds is 5. The van der Waals surface area contributed by atoms with Gasteiger partial charge in [-0.2, -0.15) is 0 Å². The maximum absolute atomic E-state index is 12.5. The molecule has 0 aromatic heterocycles. The zero-order chi connectivity index (χ0) is 20.6. The minimum atomic E-state index is -0.369. The van der Waals surface area contributed by atoms with Gasteiger partial charge in [-0.15, -0.1) is 0 Å². The van der Waals surface area contributed by atoms with Crippen molar-refractivity contribution in [3.63, 3.8) is 0 Å². The van der Waals surface area contributed by atoms with Gasteiger partial charge in [-0.3, -0.25) is 19.3 Å². The van der Waals surface area contributed by atoms with Gasteiger partial charge < -0.3 is 10.1 Å². The number of carbonyl (C=O) groups is 3. The molecule has 2 aliphatic rings. The normalized spacial score (nSPS) is 19.4. The van der Waals surface area contributed by atoms with Gasteiger partial charge in [0.25, 0.3) is 11.8 Å². The van der Waals surface area contributed by atoms with Crippen LogP contribution in [0.2, 0.25) is 0 Å². The summed E-state index contributed by atoms with van der Waals surface area (Å²) in [6, 6.07) is 14.4. The van der Waals surface area contributed by atoms with Gasteiger partial charge in [0.15, 0.2) is 0 Å². The van der Waals surface area contributed by atoms with Crippen LogP contribution in [-0.2, 0) is 4.79 Å². The third kappa shape index (κ3) is 3.75. The molecule has 2 heterocycles. The quantitative estimate of drug-likeness (QED) is 0.791. The predicted molar refractivity (Wildman–Crippen MR) is 108 cm³/mol. The summed E-state index contributed by atoms with van der Waals surface area (Å²) >= 11 is 0. The molecule has 1 atom stereocenters. The van der Waals surface area contributed by atoms with Gasteiger partial charge in [0.1, 0.15) is 11.4 Å². The smallest absolute Gasteiger partial charge is 0.261 e. The molecular weight excluding hydrogens is 368 g/mol. The number of hydrogen-bond acceptors (Lipinski definition) is 4. The number of ether oxygens (including phenoxy) is 1. The summed E-state index contributed by atoms with van der Waals surface area (Å²) in [6.07, 6.45) is 1.34. The highest BCUT2D eigenvalue weighted by Crippen LogP contribution is 2.39. The van der Waals surface area contributed by atoms with Gasteiger partial charge in [-0.25, -0.2) is 0 Å². The number of nitrogens with zero attached hydrogens (tertiary/aromatic N) is 1. The monoisotopic (exact) mass is 392 g/mol. The van der Waals surface area contributed by atoms with Gasteiger partial charge in [-0.05, 0) is 38.5 Å². The fourth-order valence-electron chi connectivity index (χ4n) is 4.04. The van der Waals surface area contributed by atoms with Crippen LogP contribution in [-0.4, -0.2) is 34.8 Å². The molecule has 150 valence electrons. The molecule has 1 unspecified atom stereocenters. The molecule has 0 aliphatic carbocycles. The number of nitrogens with one attached hydrogen (secondary N) is 1. The Morgan fingerprint density at radius 2 is 1.69 bits per heavy atom. The zero-order valence-corrected chi connectivity index (χ0v) is 16.6. The first-order valence-electron chi connectivity index (χ1n) is 9.88. The lowest BCUT2D eigenvalue weighted by Crippen LogP contribution is -2.41. The Balaban J connectivity index is 1.35. The van der Waals surface area contributed by atoms with Crippen molar-refractivity contribution in [2.45, 2.75) is 44.8 Å². The third-order valence-electron chi connectivity index (χ3n) is 5.38. The first-order chi connectivity index (χ1) is 13.9. The van der Waals surface area contributed by atoms with Gasteiger partial charge in [-0.1, -0.05) is 30.3 Å². The van der Waals surface area contributed by atoms with E-state index >= 15 is 0 Å². The molecule has 0 spiro atoms. The Bertz CT molecular complexity index is 947. The Hall–Kier alpha value is -3.15. The number of fused-ring (bicyclic) bond motifs is 2. The maximum atomic E-state index is 12.5. The highest BCUT2D eigenvalue weighted by molar-refractivity contribution is 6.21. The molecule has 4 rings (SSSR count). The molecule has 29 heavy (non-hydrogen) atoms. The van der Waals surface area contributed by atoms with Crippen LogP contribution in [0.25, 0.3) is 0 Å². The zero-order valence-electron chi connectivity index (χ0n) is 16.6. The van der Waals surface area contributed by atoms with E-state index in [0.29, 0.717) is 24.0 Å². The van der Waals surface area contributed by atoms with Crippen LogP contribution in [0.1, 0.15) is 65.4 Å². The lowest BCUT2D eigenvalue weighted by molar-refractivity contribution is -0.122. The summed E-state index contributed by atoms with van der Waals surface area (Å²) < 4.78 is 6.00. The molecular formula is C23H24N2O4. The second-order valence-corrected chi connectivity index (χ2v) is 8.13. The van der Waals surface area contributed by atoms with Crippen LogP contribution < -0.4 is 10.1 Å². The Morgan fingerprint density at radius 3 is 2.38 bits per heavy atom. The van der Waals surface area contributed by atoms with Crippen LogP contribution in [0.4, 0.5) is 0 Å². The van der Waals surface area contributed by atoms with Crippen molar-refractivity contribution < 1.29 is 19.1 Å². The van der Waals surface area contributed by atoms with Crippen LogP contribution >= 0.6 is 0 Å². The van der Waals surface area contributed by atoms with Gasteiger partial charge >= 0.3 is 0 Å². The van der Waals surface area contributed by atoms with E-state index in [9.17, 15) is 14.4 Å². The lowest BCUT2D eigenvalue weighted by Gasteiger charge is -2.37. The van der Waals surface area contributed by atoms with E-state index in [-0.39, 0.29) is 42.3 Å². The number of hydrogen-bond donors (Lipinski definition) is 1. The van der Waals surface area contributed by atoms with Crippen molar-refractivity contribution >= 4 is 17.7 Å². The van der Waals surface area contributed by atoms with Crippen molar-refractivity contribution in [2.75, 3.05) is 6.54 Å². The molecule has 2 aromatic carbocycles. The number of carbonyl (C=O) groups excluding carboxylic acids is 3.